The topological polar surface area (TPSA) is 36.4 Å². The Kier molecular flexibility index (Phi) is 2.98. The molecule has 0 spiro atoms. The zero-order valence-corrected chi connectivity index (χ0v) is 11.1. The summed E-state index contributed by atoms with van der Waals surface area (Å²) in [5, 5.41) is 6.88. The van der Waals surface area contributed by atoms with Gasteiger partial charge in [0.15, 0.2) is 5.96 Å². The van der Waals surface area contributed by atoms with Gasteiger partial charge in [-0.15, -0.1) is 0 Å². The first-order valence-electron chi connectivity index (χ1n) is 6.97. The smallest absolute Gasteiger partial charge is 0.191 e. The van der Waals surface area contributed by atoms with Gasteiger partial charge >= 0.3 is 0 Å². The van der Waals surface area contributed by atoms with E-state index in [1.807, 2.05) is 0 Å². The highest BCUT2D eigenvalue weighted by atomic mass is 15.2. The lowest BCUT2D eigenvalue weighted by Crippen LogP contribution is -2.40. The summed E-state index contributed by atoms with van der Waals surface area (Å²) in [7, 11) is 0. The van der Waals surface area contributed by atoms with E-state index in [0.717, 1.165) is 25.0 Å². The molecule has 1 aromatic carbocycles. The van der Waals surface area contributed by atoms with Crippen molar-refractivity contribution in [3.05, 3.63) is 35.4 Å². The molecule has 3 nitrogen and oxygen atoms in total. The first-order chi connectivity index (χ1) is 8.85. The predicted octanol–water partition coefficient (Wildman–Crippen LogP) is 1.90. The Bertz CT molecular complexity index is 467. The molecule has 3 atom stereocenters. The molecule has 0 unspecified atom stereocenters. The zero-order valence-electron chi connectivity index (χ0n) is 11.1. The molecular weight excluding hydrogens is 222 g/mol. The molecule has 3 rings (SSSR count). The summed E-state index contributed by atoms with van der Waals surface area (Å²) in [6.07, 6.45) is 1.23. The third kappa shape index (κ3) is 1.88. The Hall–Kier alpha value is -1.51. The highest BCUT2D eigenvalue weighted by molar-refractivity contribution is 5.81. The third-order valence-electron chi connectivity index (χ3n) is 4.00. The lowest BCUT2D eigenvalue weighted by atomic mass is 10.1. The van der Waals surface area contributed by atoms with E-state index in [0.29, 0.717) is 12.0 Å². The van der Waals surface area contributed by atoms with Crippen LogP contribution >= 0.6 is 0 Å². The second-order valence-corrected chi connectivity index (χ2v) is 5.12. The maximum atomic E-state index is 4.47. The lowest BCUT2D eigenvalue weighted by Gasteiger charge is -2.13. The van der Waals surface area contributed by atoms with Crippen LogP contribution in [-0.4, -0.2) is 25.1 Å². The molecule has 0 aromatic heterocycles. The van der Waals surface area contributed by atoms with Crippen LogP contribution in [0.1, 0.15) is 30.9 Å². The first kappa shape index (κ1) is 11.6. The van der Waals surface area contributed by atoms with E-state index in [1.54, 1.807) is 11.1 Å². The molecule has 0 saturated heterocycles. The minimum atomic E-state index is 0.587. The van der Waals surface area contributed by atoms with Gasteiger partial charge in [-0.3, -0.25) is 4.99 Å². The van der Waals surface area contributed by atoms with Crippen molar-refractivity contribution in [1.29, 1.82) is 0 Å². The van der Waals surface area contributed by atoms with Gasteiger partial charge in [0.05, 0.1) is 0 Å². The second kappa shape index (κ2) is 4.63. The van der Waals surface area contributed by atoms with E-state index in [9.17, 15) is 0 Å². The molecule has 2 N–H and O–H groups in total. The Morgan fingerprint density at radius 1 is 1.33 bits per heavy atom. The van der Waals surface area contributed by atoms with Crippen molar-refractivity contribution >= 4 is 5.96 Å². The molecule has 1 saturated carbocycles. The maximum absolute atomic E-state index is 4.47. The van der Waals surface area contributed by atoms with E-state index >= 15 is 0 Å². The molecule has 0 amide bonds. The monoisotopic (exact) mass is 243 g/mol. The van der Waals surface area contributed by atoms with Crippen LogP contribution in [0.4, 0.5) is 0 Å². The van der Waals surface area contributed by atoms with Crippen LogP contribution in [0.15, 0.2) is 29.3 Å². The zero-order chi connectivity index (χ0) is 12.5. The van der Waals surface area contributed by atoms with Crippen molar-refractivity contribution in [3.63, 3.8) is 0 Å². The molecule has 96 valence electrons. The number of aliphatic imine (C=N–C) groups is 1. The van der Waals surface area contributed by atoms with E-state index in [-0.39, 0.29) is 0 Å². The summed E-state index contributed by atoms with van der Waals surface area (Å²) in [5.41, 5.74) is 3.09. The van der Waals surface area contributed by atoms with Crippen molar-refractivity contribution in [2.75, 3.05) is 13.1 Å². The minimum Gasteiger partial charge on any atom is -0.357 e. The van der Waals surface area contributed by atoms with Gasteiger partial charge in [0.25, 0.3) is 0 Å². The van der Waals surface area contributed by atoms with Crippen molar-refractivity contribution in [1.82, 2.24) is 10.6 Å². The SMILES string of the molecule is CCN=C(NCC)N[C@@H]1[C@H]2Cc3ccccc3[C@@H]21. The summed E-state index contributed by atoms with van der Waals surface area (Å²) in [5.74, 6) is 2.46. The molecule has 18 heavy (non-hydrogen) atoms. The molecule has 0 aliphatic heterocycles. The molecule has 3 heteroatoms. The molecule has 0 heterocycles. The molecular formula is C15H21N3. The molecule has 2 aliphatic carbocycles. The Labute approximate surface area is 109 Å². The number of fused-ring (bicyclic) bond motifs is 3. The Balaban J connectivity index is 1.67. The van der Waals surface area contributed by atoms with Gasteiger partial charge < -0.3 is 10.6 Å². The van der Waals surface area contributed by atoms with Crippen LogP contribution < -0.4 is 10.6 Å². The van der Waals surface area contributed by atoms with Crippen molar-refractivity contribution in [2.24, 2.45) is 10.9 Å². The van der Waals surface area contributed by atoms with E-state index < -0.39 is 0 Å². The number of hydrogen-bond acceptors (Lipinski definition) is 1. The van der Waals surface area contributed by atoms with Gasteiger partial charge in [0.2, 0.25) is 0 Å². The van der Waals surface area contributed by atoms with Crippen LogP contribution in [0.2, 0.25) is 0 Å². The standard InChI is InChI=1S/C15H21N3/c1-3-16-15(17-4-2)18-14-12-9-10-7-5-6-8-11(10)13(12)14/h5-8,12-14H,3-4,9H2,1-2H3,(H2,16,17,18)/t12-,13-,14+/m0/s1. The third-order valence-corrected chi connectivity index (χ3v) is 4.00. The number of nitrogens with zero attached hydrogens (tertiary/aromatic N) is 1. The molecule has 1 fully saturated rings. The van der Waals surface area contributed by atoms with Crippen LogP contribution in [0, 0.1) is 5.92 Å². The molecule has 0 bridgehead atoms. The van der Waals surface area contributed by atoms with E-state index in [2.05, 4.69) is 53.7 Å². The second-order valence-electron chi connectivity index (χ2n) is 5.12. The van der Waals surface area contributed by atoms with Crippen molar-refractivity contribution < 1.29 is 0 Å². The fourth-order valence-electron chi connectivity index (χ4n) is 3.18. The van der Waals surface area contributed by atoms with Crippen LogP contribution in [0.5, 0.6) is 0 Å². The van der Waals surface area contributed by atoms with Crippen molar-refractivity contribution in [2.45, 2.75) is 32.2 Å². The van der Waals surface area contributed by atoms with Crippen LogP contribution in [0.3, 0.4) is 0 Å². The average molecular weight is 243 g/mol. The minimum absolute atomic E-state index is 0.587. The predicted molar refractivity (Wildman–Crippen MR) is 75.0 cm³/mol. The largest absolute Gasteiger partial charge is 0.357 e. The number of rotatable bonds is 3. The Morgan fingerprint density at radius 3 is 2.94 bits per heavy atom. The number of nitrogens with one attached hydrogen (secondary N) is 2. The number of benzene rings is 1. The summed E-state index contributed by atoms with van der Waals surface area (Å²) < 4.78 is 0. The first-order valence-corrected chi connectivity index (χ1v) is 6.97. The normalized spacial score (nSPS) is 28.6. The number of hydrogen-bond donors (Lipinski definition) is 2. The maximum Gasteiger partial charge on any atom is 0.191 e. The van der Waals surface area contributed by atoms with Crippen LogP contribution in [-0.2, 0) is 6.42 Å². The van der Waals surface area contributed by atoms with E-state index in [1.165, 1.54) is 6.42 Å². The average Bonchev–Trinajstić information content (AvgIpc) is 2.89. The fraction of sp³-hybridized carbons (Fsp3) is 0.533. The fourth-order valence-corrected chi connectivity index (χ4v) is 3.18. The molecule has 2 aliphatic rings. The van der Waals surface area contributed by atoms with Gasteiger partial charge in [-0.05, 0) is 37.3 Å². The Morgan fingerprint density at radius 2 is 2.17 bits per heavy atom. The summed E-state index contributed by atoms with van der Waals surface area (Å²) in [6.45, 7) is 5.93. The lowest BCUT2D eigenvalue weighted by molar-refractivity contribution is 0.723. The van der Waals surface area contributed by atoms with Gasteiger partial charge in [-0.25, -0.2) is 0 Å². The molecule has 0 radical (unpaired) electrons. The van der Waals surface area contributed by atoms with Crippen molar-refractivity contribution in [3.8, 4) is 0 Å². The summed E-state index contributed by atoms with van der Waals surface area (Å²) >= 11 is 0. The summed E-state index contributed by atoms with van der Waals surface area (Å²) in [6, 6.07) is 9.44. The summed E-state index contributed by atoms with van der Waals surface area (Å²) in [4.78, 5) is 4.47. The van der Waals surface area contributed by atoms with E-state index in [4.69, 9.17) is 0 Å². The van der Waals surface area contributed by atoms with Gasteiger partial charge in [-0.1, -0.05) is 24.3 Å². The number of guanidine groups is 1. The quantitative estimate of drug-likeness (QED) is 0.628. The highest BCUT2D eigenvalue weighted by Crippen LogP contribution is 2.56. The molecule has 1 aromatic rings. The van der Waals surface area contributed by atoms with Gasteiger partial charge in [0.1, 0.15) is 0 Å². The van der Waals surface area contributed by atoms with Gasteiger partial charge in [0, 0.05) is 25.0 Å². The van der Waals surface area contributed by atoms with Gasteiger partial charge in [-0.2, -0.15) is 0 Å². The van der Waals surface area contributed by atoms with Crippen LogP contribution in [0.25, 0.3) is 0 Å². The highest BCUT2D eigenvalue weighted by Gasteiger charge is 2.55.